The summed E-state index contributed by atoms with van der Waals surface area (Å²) < 4.78 is 1.89. The number of hydrogen-bond donors (Lipinski definition) is 2. The molecule has 1 aromatic heterocycles. The maximum Gasteiger partial charge on any atom is 3.00 e. The smallest absolute Gasteiger partial charge is 0.664 e. The van der Waals surface area contributed by atoms with Gasteiger partial charge in [0.15, 0.2) is 0 Å². The van der Waals surface area contributed by atoms with Crippen molar-refractivity contribution >= 4 is 0 Å². The summed E-state index contributed by atoms with van der Waals surface area (Å²) in [4.78, 5) is 8.57. The van der Waals surface area contributed by atoms with E-state index in [0.29, 0.717) is 6.42 Å². The van der Waals surface area contributed by atoms with Gasteiger partial charge >= 0.3 is 19.5 Å². The number of aliphatic hydroxyl groups excluding tert-OH is 2. The zero-order chi connectivity index (χ0) is 19.2. The van der Waals surface area contributed by atoms with Crippen LogP contribution in [0.2, 0.25) is 0 Å². The third kappa shape index (κ3) is 15.9. The number of hydrogen-bond acceptors (Lipinski definition) is 5. The van der Waals surface area contributed by atoms with Crippen LogP contribution in [0, 0.1) is 0 Å². The van der Waals surface area contributed by atoms with Gasteiger partial charge in [-0.25, -0.2) is 4.98 Å². The number of aromatic nitrogens is 2. The number of aryl methyl sites for hydroxylation is 1. The van der Waals surface area contributed by atoms with Gasteiger partial charge in [0.05, 0.1) is 18.5 Å². The van der Waals surface area contributed by atoms with Crippen molar-refractivity contribution in [2.45, 2.75) is 44.9 Å². The third-order valence-electron chi connectivity index (χ3n) is 3.99. The van der Waals surface area contributed by atoms with Gasteiger partial charge in [-0.2, -0.15) is 7.05 Å². The van der Waals surface area contributed by atoms with E-state index in [9.17, 15) is 0 Å². The Morgan fingerprint density at radius 2 is 1.88 bits per heavy atom. The number of aliphatic hydroxyl groups is 2. The Morgan fingerprint density at radius 3 is 2.12 bits per heavy atom. The number of imidazole rings is 1. The molecule has 0 saturated carbocycles. The molecule has 3 atom stereocenters. The number of rotatable bonds is 7. The second kappa shape index (κ2) is 16.8. The number of likely N-dealkylation sites (N-methyl/N-ethyl adjacent to an activating group) is 3. The largest absolute Gasteiger partial charge is 3.00 e. The first-order chi connectivity index (χ1) is 11.8. The summed E-state index contributed by atoms with van der Waals surface area (Å²) >= 11 is 0. The minimum Gasteiger partial charge on any atom is -0.664 e. The van der Waals surface area contributed by atoms with Gasteiger partial charge < -0.3 is 29.9 Å². The monoisotopic (exact) mass is 458 g/mol. The van der Waals surface area contributed by atoms with Crippen molar-refractivity contribution in [2.75, 3.05) is 47.3 Å². The van der Waals surface area contributed by atoms with Crippen molar-refractivity contribution in [3.63, 3.8) is 0 Å². The summed E-state index contributed by atoms with van der Waals surface area (Å²) in [5.41, 5.74) is 0. The maximum atomic E-state index is 8.56. The number of likely N-dealkylation sites (tertiary alicyclic amines) is 1. The maximum absolute atomic E-state index is 8.56. The fraction of sp³-hybridized carbons (Fsp3) is 0.833. The molecule has 1 aromatic rings. The molecule has 2 rings (SSSR count). The zero-order valence-corrected chi connectivity index (χ0v) is 18.9. The Labute approximate surface area is 172 Å². The molecule has 0 aromatic carbocycles. The Morgan fingerprint density at radius 1 is 1.27 bits per heavy atom. The zero-order valence-electron chi connectivity index (χ0n) is 17.2. The van der Waals surface area contributed by atoms with Crippen LogP contribution >= 0.6 is 0 Å². The Kier molecular flexibility index (Phi) is 18.0. The van der Waals surface area contributed by atoms with E-state index in [1.165, 1.54) is 19.5 Å². The van der Waals surface area contributed by atoms with Crippen molar-refractivity contribution in [3.05, 3.63) is 24.0 Å². The van der Waals surface area contributed by atoms with Gasteiger partial charge in [-0.05, 0) is 53.9 Å². The van der Waals surface area contributed by atoms with E-state index >= 15 is 0 Å². The molecule has 0 amide bonds. The second-order valence-electron chi connectivity index (χ2n) is 6.89. The minimum atomic E-state index is -0.375. The molecule has 1 aliphatic rings. The Balaban J connectivity index is 0. The average Bonchev–Trinajstić information content (AvgIpc) is 3.00. The summed E-state index contributed by atoms with van der Waals surface area (Å²) in [5.74, 6) is 0. The molecule has 26 heavy (non-hydrogen) atoms. The van der Waals surface area contributed by atoms with Gasteiger partial charge in [0, 0.05) is 32.0 Å². The van der Waals surface area contributed by atoms with Crippen LogP contribution in [0.5, 0.6) is 0 Å². The molecular formula is C18H38N5O2Ru+2. The van der Waals surface area contributed by atoms with Crippen molar-refractivity contribution in [1.82, 2.24) is 19.4 Å². The standard InChI is InChI=1S/C9H20N3.C5H12O2.C4H6N2.Ru/c1-10-5-7-11(2)8-9-4-6-12(9)3;1-4(6)3-5(2)7;1-6-3-2-5-4-6;/h9H,4-8H2,1-3H3;4-7H,3H2,1-2H3;2-4H,1H3;/q-1;;;+3. The molecule has 0 spiro atoms. The third-order valence-corrected chi connectivity index (χ3v) is 3.99. The van der Waals surface area contributed by atoms with Crippen LogP contribution in [0.25, 0.3) is 5.32 Å². The molecule has 1 radical (unpaired) electrons. The fourth-order valence-electron chi connectivity index (χ4n) is 2.34. The van der Waals surface area contributed by atoms with E-state index in [-0.39, 0.29) is 31.7 Å². The molecule has 2 heterocycles. The van der Waals surface area contributed by atoms with Crippen LogP contribution in [-0.2, 0) is 26.5 Å². The normalized spacial score (nSPS) is 18.4. The van der Waals surface area contributed by atoms with Crippen LogP contribution in [0.4, 0.5) is 0 Å². The summed E-state index contributed by atoms with van der Waals surface area (Å²) in [6, 6.07) is 0.798. The van der Waals surface area contributed by atoms with Gasteiger partial charge in [-0.1, -0.05) is 0 Å². The van der Waals surface area contributed by atoms with E-state index in [2.05, 4.69) is 34.2 Å². The Bertz CT molecular complexity index is 398. The summed E-state index contributed by atoms with van der Waals surface area (Å²) in [5, 5.41) is 21.2. The first-order valence-electron chi connectivity index (χ1n) is 8.98. The average molecular weight is 458 g/mol. The quantitative estimate of drug-likeness (QED) is 0.602. The first kappa shape index (κ1) is 27.8. The topological polar surface area (TPSA) is 78.9 Å². The second-order valence-corrected chi connectivity index (χ2v) is 6.89. The van der Waals surface area contributed by atoms with E-state index in [1.54, 1.807) is 26.4 Å². The van der Waals surface area contributed by atoms with Crippen molar-refractivity contribution < 1.29 is 29.7 Å². The van der Waals surface area contributed by atoms with Gasteiger partial charge in [0.25, 0.3) is 0 Å². The SMILES string of the molecule is CC(O)CC(C)O.C[N-]CCN(C)CC1CCN1C.Cn1ccnc1.[Ru+3]. The van der Waals surface area contributed by atoms with Crippen LogP contribution in [0.3, 0.4) is 0 Å². The predicted molar refractivity (Wildman–Crippen MR) is 104 cm³/mol. The molecule has 0 bridgehead atoms. The molecule has 0 aliphatic carbocycles. The molecule has 1 fully saturated rings. The van der Waals surface area contributed by atoms with Gasteiger partial charge in [-0.15, -0.1) is 6.54 Å². The minimum absolute atomic E-state index is 0. The Hall–Kier alpha value is -0.367. The van der Waals surface area contributed by atoms with Crippen LogP contribution in [-0.4, -0.2) is 95.1 Å². The fourth-order valence-corrected chi connectivity index (χ4v) is 2.34. The molecule has 2 N–H and O–H groups in total. The molecular weight excluding hydrogens is 419 g/mol. The molecule has 153 valence electrons. The molecule has 3 unspecified atom stereocenters. The van der Waals surface area contributed by atoms with Crippen molar-refractivity contribution in [3.8, 4) is 0 Å². The van der Waals surface area contributed by atoms with E-state index in [4.69, 9.17) is 10.2 Å². The molecule has 8 heteroatoms. The molecule has 1 aliphatic heterocycles. The number of nitrogens with zero attached hydrogens (tertiary/aromatic N) is 5. The van der Waals surface area contributed by atoms with E-state index < -0.39 is 0 Å². The summed E-state index contributed by atoms with van der Waals surface area (Å²) in [6.07, 6.45) is 6.48. The molecule has 1 saturated heterocycles. The molecule has 7 nitrogen and oxygen atoms in total. The van der Waals surface area contributed by atoms with Crippen molar-refractivity contribution in [2.24, 2.45) is 7.05 Å². The van der Waals surface area contributed by atoms with Gasteiger partial charge in [-0.3, -0.25) is 0 Å². The summed E-state index contributed by atoms with van der Waals surface area (Å²) in [7, 11) is 8.19. The van der Waals surface area contributed by atoms with Crippen LogP contribution in [0.1, 0.15) is 26.7 Å². The summed E-state index contributed by atoms with van der Waals surface area (Å²) in [6.45, 7) is 7.86. The van der Waals surface area contributed by atoms with Crippen LogP contribution in [0.15, 0.2) is 18.7 Å². The van der Waals surface area contributed by atoms with Crippen molar-refractivity contribution in [1.29, 1.82) is 0 Å². The van der Waals surface area contributed by atoms with Gasteiger partial charge in [0.1, 0.15) is 0 Å². The van der Waals surface area contributed by atoms with E-state index in [1.807, 2.05) is 24.9 Å². The predicted octanol–water partition coefficient (Wildman–Crippen LogP) is 1.18. The van der Waals surface area contributed by atoms with E-state index in [0.717, 1.165) is 19.1 Å². The van der Waals surface area contributed by atoms with Gasteiger partial charge in [0.2, 0.25) is 0 Å². The first-order valence-corrected chi connectivity index (χ1v) is 8.98. The van der Waals surface area contributed by atoms with Crippen LogP contribution < -0.4 is 0 Å².